The predicted octanol–water partition coefficient (Wildman–Crippen LogP) is 4.26. The standard InChI is InChI=1S/C33H34N10O/c44-32-24(7-6-23-4-1-2-5-23)18-25-20-36-33(40-28-10-8-27(9-11-28)39-29-12-15-34-16-13-29)41-31(25)42(32)21-26-19-35-22-37-30(26)43-17-3-14-38-43/h3,8-11,14,17-20,22-23,29,34,39H,1-2,4-5,12-13,15-16,21H2,(H,36,40,41). The summed E-state index contributed by atoms with van der Waals surface area (Å²) in [7, 11) is 0. The van der Waals surface area contributed by atoms with Crippen molar-refractivity contribution in [1.29, 1.82) is 0 Å². The second-order valence-electron chi connectivity index (χ2n) is 11.4. The Morgan fingerprint density at radius 3 is 2.61 bits per heavy atom. The number of piperidine rings is 1. The van der Waals surface area contributed by atoms with E-state index in [2.05, 4.69) is 60.0 Å². The first-order valence-electron chi connectivity index (χ1n) is 15.2. The van der Waals surface area contributed by atoms with Crippen molar-refractivity contribution < 1.29 is 0 Å². The monoisotopic (exact) mass is 586 g/mol. The van der Waals surface area contributed by atoms with Crippen LogP contribution in [0.1, 0.15) is 49.7 Å². The van der Waals surface area contributed by atoms with Crippen LogP contribution in [0.5, 0.6) is 0 Å². The number of rotatable bonds is 7. The SMILES string of the molecule is O=c1c(C#CC2CCCC2)cc2cnc(Nc3ccc(NC4CCNCC4)cc3)nc2n1Cc1cncnc1-n1cccn1. The highest BCUT2D eigenvalue weighted by molar-refractivity contribution is 5.77. The lowest BCUT2D eigenvalue weighted by molar-refractivity contribution is 0.479. The average molecular weight is 587 g/mol. The molecule has 44 heavy (non-hydrogen) atoms. The zero-order chi connectivity index (χ0) is 29.7. The topological polar surface area (TPSA) is 127 Å². The summed E-state index contributed by atoms with van der Waals surface area (Å²) in [4.78, 5) is 32.1. The molecule has 4 aromatic heterocycles. The van der Waals surface area contributed by atoms with E-state index in [-0.39, 0.29) is 12.1 Å². The van der Waals surface area contributed by atoms with Gasteiger partial charge < -0.3 is 16.0 Å². The molecule has 3 N–H and O–H groups in total. The lowest BCUT2D eigenvalue weighted by Crippen LogP contribution is -2.35. The van der Waals surface area contributed by atoms with Crippen LogP contribution in [0, 0.1) is 17.8 Å². The largest absolute Gasteiger partial charge is 0.382 e. The van der Waals surface area contributed by atoms with Gasteiger partial charge in [0.25, 0.3) is 5.56 Å². The molecule has 0 bridgehead atoms. The Labute approximate surface area is 255 Å². The molecule has 5 heterocycles. The quantitative estimate of drug-likeness (QED) is 0.240. The van der Waals surface area contributed by atoms with E-state index in [1.807, 2.05) is 24.4 Å². The van der Waals surface area contributed by atoms with E-state index in [9.17, 15) is 4.79 Å². The molecule has 1 aliphatic heterocycles. The molecule has 1 aromatic carbocycles. The lowest BCUT2D eigenvalue weighted by Gasteiger charge is -2.24. The fraction of sp³-hybridized carbons (Fsp3) is 0.333. The highest BCUT2D eigenvalue weighted by Gasteiger charge is 2.17. The molecule has 0 atom stereocenters. The second kappa shape index (κ2) is 12.7. The normalized spacial score (nSPS) is 15.6. The van der Waals surface area contributed by atoms with Gasteiger partial charge in [0.1, 0.15) is 12.0 Å². The number of hydrogen-bond acceptors (Lipinski definition) is 9. The molecule has 1 saturated heterocycles. The van der Waals surface area contributed by atoms with Crippen molar-refractivity contribution in [2.75, 3.05) is 23.7 Å². The Balaban J connectivity index is 1.22. The summed E-state index contributed by atoms with van der Waals surface area (Å²) in [5, 5.41) is 15.4. The molecular formula is C33H34N10O. The minimum absolute atomic E-state index is 0.192. The maximum atomic E-state index is 14.0. The van der Waals surface area contributed by atoms with Crippen LogP contribution >= 0.6 is 0 Å². The van der Waals surface area contributed by atoms with E-state index < -0.39 is 0 Å². The van der Waals surface area contributed by atoms with Crippen molar-refractivity contribution in [1.82, 2.24) is 39.6 Å². The van der Waals surface area contributed by atoms with Crippen molar-refractivity contribution in [3.05, 3.63) is 89.0 Å². The Morgan fingerprint density at radius 2 is 1.82 bits per heavy atom. The zero-order valence-electron chi connectivity index (χ0n) is 24.4. The fourth-order valence-electron chi connectivity index (χ4n) is 5.92. The van der Waals surface area contributed by atoms with Crippen LogP contribution in [0.2, 0.25) is 0 Å². The second-order valence-corrected chi connectivity index (χ2v) is 11.4. The van der Waals surface area contributed by atoms with Crippen molar-refractivity contribution in [3.63, 3.8) is 0 Å². The van der Waals surface area contributed by atoms with E-state index >= 15 is 0 Å². The first-order valence-corrected chi connectivity index (χ1v) is 15.2. The van der Waals surface area contributed by atoms with Crippen molar-refractivity contribution >= 4 is 28.4 Å². The van der Waals surface area contributed by atoms with E-state index in [1.165, 1.54) is 19.2 Å². The molecule has 222 valence electrons. The zero-order valence-corrected chi connectivity index (χ0v) is 24.4. The smallest absolute Gasteiger partial charge is 0.268 e. The minimum atomic E-state index is -0.212. The van der Waals surface area contributed by atoms with Crippen LogP contribution in [0.4, 0.5) is 17.3 Å². The molecular weight excluding hydrogens is 552 g/mol. The fourth-order valence-corrected chi connectivity index (χ4v) is 5.92. The Kier molecular flexibility index (Phi) is 7.97. The lowest BCUT2D eigenvalue weighted by atomic mass is 10.1. The van der Waals surface area contributed by atoms with Crippen LogP contribution in [-0.4, -0.2) is 53.4 Å². The van der Waals surface area contributed by atoms with E-state index in [0.717, 1.165) is 61.1 Å². The van der Waals surface area contributed by atoms with Gasteiger partial charge in [-0.25, -0.2) is 19.6 Å². The molecule has 11 heteroatoms. The summed E-state index contributed by atoms with van der Waals surface area (Å²) in [6, 6.07) is 12.2. The average Bonchev–Trinajstić information content (AvgIpc) is 3.79. The number of benzene rings is 1. The molecule has 1 aliphatic carbocycles. The summed E-state index contributed by atoms with van der Waals surface area (Å²) in [6.45, 7) is 2.27. The number of nitrogens with zero attached hydrogens (tertiary/aromatic N) is 7. The highest BCUT2D eigenvalue weighted by Crippen LogP contribution is 2.24. The predicted molar refractivity (Wildman–Crippen MR) is 170 cm³/mol. The van der Waals surface area contributed by atoms with Gasteiger partial charge in [-0.05, 0) is 75.2 Å². The number of aromatic nitrogens is 7. The van der Waals surface area contributed by atoms with E-state index in [4.69, 9.17) is 4.98 Å². The third-order valence-corrected chi connectivity index (χ3v) is 8.26. The van der Waals surface area contributed by atoms with E-state index in [0.29, 0.717) is 34.9 Å². The van der Waals surface area contributed by atoms with Gasteiger partial charge in [0, 0.05) is 59.1 Å². The number of hydrogen-bond donors (Lipinski definition) is 3. The molecule has 0 amide bonds. The van der Waals surface area contributed by atoms with Crippen molar-refractivity contribution in [2.24, 2.45) is 5.92 Å². The number of fused-ring (bicyclic) bond motifs is 1. The van der Waals surface area contributed by atoms with E-state index in [1.54, 1.807) is 33.9 Å². The third kappa shape index (κ3) is 6.16. The summed E-state index contributed by atoms with van der Waals surface area (Å²) in [5.74, 6) is 7.85. The number of anilines is 3. The van der Waals surface area contributed by atoms with Crippen LogP contribution in [0.25, 0.3) is 16.9 Å². The van der Waals surface area contributed by atoms with Gasteiger partial charge in [0.15, 0.2) is 5.82 Å². The Hall–Kier alpha value is -5.08. The van der Waals surface area contributed by atoms with Crippen molar-refractivity contribution in [2.45, 2.75) is 51.1 Å². The maximum absolute atomic E-state index is 14.0. The number of pyridine rings is 1. The van der Waals surface area contributed by atoms with Gasteiger partial charge in [-0.2, -0.15) is 10.1 Å². The summed E-state index contributed by atoms with van der Waals surface area (Å²) in [6.07, 6.45) is 15.2. The van der Waals surface area contributed by atoms with Crippen LogP contribution in [-0.2, 0) is 6.54 Å². The molecule has 1 saturated carbocycles. The first kappa shape index (κ1) is 27.7. The molecule has 2 fully saturated rings. The molecule has 2 aliphatic rings. The number of nitrogens with one attached hydrogen (secondary N) is 3. The molecule has 7 rings (SSSR count). The Morgan fingerprint density at radius 1 is 1.00 bits per heavy atom. The molecule has 5 aromatic rings. The van der Waals surface area contributed by atoms with Gasteiger partial charge in [0.2, 0.25) is 5.95 Å². The summed E-state index contributed by atoms with van der Waals surface area (Å²) in [5.41, 5.74) is 3.38. The van der Waals surface area contributed by atoms with Gasteiger partial charge in [-0.15, -0.1) is 0 Å². The van der Waals surface area contributed by atoms with Crippen LogP contribution < -0.4 is 21.5 Å². The molecule has 11 nitrogen and oxygen atoms in total. The maximum Gasteiger partial charge on any atom is 0.268 e. The first-order chi connectivity index (χ1) is 21.7. The van der Waals surface area contributed by atoms with Gasteiger partial charge in [0.05, 0.1) is 12.1 Å². The molecule has 0 spiro atoms. The Bertz CT molecular complexity index is 1860. The third-order valence-electron chi connectivity index (χ3n) is 8.26. The van der Waals surface area contributed by atoms with Gasteiger partial charge >= 0.3 is 0 Å². The molecule has 0 radical (unpaired) electrons. The van der Waals surface area contributed by atoms with Gasteiger partial charge in [-0.3, -0.25) is 9.36 Å². The van der Waals surface area contributed by atoms with Gasteiger partial charge in [-0.1, -0.05) is 24.7 Å². The minimum Gasteiger partial charge on any atom is -0.382 e. The summed E-state index contributed by atoms with van der Waals surface area (Å²) < 4.78 is 3.30. The highest BCUT2D eigenvalue weighted by atomic mass is 16.1. The molecule has 0 unspecified atom stereocenters. The van der Waals surface area contributed by atoms with Crippen molar-refractivity contribution in [3.8, 4) is 17.7 Å². The van der Waals surface area contributed by atoms with Crippen LogP contribution in [0.3, 0.4) is 0 Å². The van der Waals surface area contributed by atoms with Crippen LogP contribution in [0.15, 0.2) is 72.3 Å². The summed E-state index contributed by atoms with van der Waals surface area (Å²) >= 11 is 0.